The zero-order chi connectivity index (χ0) is 14.7. The first kappa shape index (κ1) is 13.7. The van der Waals surface area contributed by atoms with Gasteiger partial charge in [-0.25, -0.2) is 0 Å². The molecule has 2 heteroatoms. The maximum Gasteiger partial charge on any atom is 0.138 e. The number of benzene rings is 3. The smallest absolute Gasteiger partial charge is 0.138 e. The van der Waals surface area contributed by atoms with Gasteiger partial charge in [0.25, 0.3) is 0 Å². The Labute approximate surface area is 125 Å². The van der Waals surface area contributed by atoms with Gasteiger partial charge in [-0.2, -0.15) is 0 Å². The van der Waals surface area contributed by atoms with E-state index in [-0.39, 0.29) is 12.1 Å². The minimum atomic E-state index is -0.146. The molecule has 0 fully saturated rings. The molecule has 0 aliphatic rings. The molecule has 3 aromatic carbocycles. The van der Waals surface area contributed by atoms with Crippen molar-refractivity contribution in [1.82, 2.24) is 0 Å². The van der Waals surface area contributed by atoms with E-state index in [1.54, 1.807) is 0 Å². The predicted molar refractivity (Wildman–Crippen MR) is 87.4 cm³/mol. The van der Waals surface area contributed by atoms with E-state index in [0.29, 0.717) is 0 Å². The van der Waals surface area contributed by atoms with Crippen molar-refractivity contribution in [3.63, 3.8) is 0 Å². The van der Waals surface area contributed by atoms with Crippen LogP contribution in [0.2, 0.25) is 0 Å². The van der Waals surface area contributed by atoms with E-state index in [2.05, 4.69) is 36.4 Å². The molecule has 0 aliphatic carbocycles. The molecule has 0 heterocycles. The van der Waals surface area contributed by atoms with E-state index < -0.39 is 0 Å². The molecule has 0 bridgehead atoms. The Hall–Kier alpha value is -2.32. The lowest BCUT2D eigenvalue weighted by Gasteiger charge is -2.23. The maximum absolute atomic E-state index is 6.15. The lowest BCUT2D eigenvalue weighted by Crippen LogP contribution is -2.29. The first-order chi connectivity index (χ1) is 10.2. The number of hydrogen-bond acceptors (Lipinski definition) is 2. The standard InChI is InChI=1S/C19H19NO/c1-14(20)19(16-8-3-2-4-9-16)21-18-12-11-15-7-5-6-10-17(15)13-18/h2-14,19H,20H2,1H3. The molecular formula is C19H19NO. The molecule has 0 amide bonds. The zero-order valence-electron chi connectivity index (χ0n) is 12.1. The topological polar surface area (TPSA) is 35.2 Å². The molecule has 0 saturated carbocycles. The second kappa shape index (κ2) is 5.98. The van der Waals surface area contributed by atoms with Gasteiger partial charge in [-0.05, 0) is 35.4 Å². The van der Waals surface area contributed by atoms with Gasteiger partial charge in [-0.1, -0.05) is 60.7 Å². The van der Waals surface area contributed by atoms with Gasteiger partial charge in [0.2, 0.25) is 0 Å². The molecule has 0 aliphatic heterocycles. The van der Waals surface area contributed by atoms with Crippen LogP contribution in [0.15, 0.2) is 72.8 Å². The van der Waals surface area contributed by atoms with Gasteiger partial charge in [0.05, 0.1) is 0 Å². The Balaban J connectivity index is 1.91. The van der Waals surface area contributed by atoms with Crippen molar-refractivity contribution in [2.45, 2.75) is 19.1 Å². The normalized spacial score (nSPS) is 13.8. The van der Waals surface area contributed by atoms with E-state index in [0.717, 1.165) is 11.3 Å². The minimum absolute atomic E-state index is 0.0844. The molecule has 2 unspecified atom stereocenters. The van der Waals surface area contributed by atoms with E-state index in [1.165, 1.54) is 10.8 Å². The summed E-state index contributed by atoms with van der Waals surface area (Å²) in [4.78, 5) is 0. The van der Waals surface area contributed by atoms with Gasteiger partial charge in [0.15, 0.2) is 0 Å². The molecule has 3 aromatic rings. The second-order valence-electron chi connectivity index (χ2n) is 5.32. The molecule has 2 N–H and O–H groups in total. The minimum Gasteiger partial charge on any atom is -0.484 e. The summed E-state index contributed by atoms with van der Waals surface area (Å²) < 4.78 is 6.15. The molecule has 0 saturated heterocycles. The van der Waals surface area contributed by atoms with Crippen LogP contribution in [-0.4, -0.2) is 6.04 Å². The molecular weight excluding hydrogens is 258 g/mol. The van der Waals surface area contributed by atoms with Crippen LogP contribution in [0.5, 0.6) is 5.75 Å². The number of ether oxygens (including phenoxy) is 1. The highest BCUT2D eigenvalue weighted by atomic mass is 16.5. The molecule has 21 heavy (non-hydrogen) atoms. The lowest BCUT2D eigenvalue weighted by atomic mass is 10.0. The Kier molecular flexibility index (Phi) is 3.89. The molecule has 3 rings (SSSR count). The van der Waals surface area contributed by atoms with Crippen LogP contribution in [0.25, 0.3) is 10.8 Å². The summed E-state index contributed by atoms with van der Waals surface area (Å²) in [5, 5.41) is 2.38. The van der Waals surface area contributed by atoms with Crippen LogP contribution >= 0.6 is 0 Å². The summed E-state index contributed by atoms with van der Waals surface area (Å²) in [5.74, 6) is 0.847. The van der Waals surface area contributed by atoms with Crippen molar-refractivity contribution in [2.24, 2.45) is 5.73 Å². The zero-order valence-corrected chi connectivity index (χ0v) is 12.1. The van der Waals surface area contributed by atoms with Crippen LogP contribution in [0.1, 0.15) is 18.6 Å². The second-order valence-corrected chi connectivity index (χ2v) is 5.32. The Bertz CT molecular complexity index is 722. The molecule has 106 valence electrons. The Morgan fingerprint density at radius 3 is 2.19 bits per heavy atom. The van der Waals surface area contributed by atoms with Crippen molar-refractivity contribution in [3.05, 3.63) is 78.4 Å². The summed E-state index contributed by atoms with van der Waals surface area (Å²) in [7, 11) is 0. The third-order valence-electron chi connectivity index (χ3n) is 3.59. The summed E-state index contributed by atoms with van der Waals surface area (Å²) in [6.45, 7) is 1.97. The third-order valence-corrected chi connectivity index (χ3v) is 3.59. The number of hydrogen-bond donors (Lipinski definition) is 1. The summed E-state index contributed by atoms with van der Waals surface area (Å²) >= 11 is 0. The van der Waals surface area contributed by atoms with Crippen molar-refractivity contribution in [2.75, 3.05) is 0 Å². The molecule has 0 aromatic heterocycles. The maximum atomic E-state index is 6.15. The van der Waals surface area contributed by atoms with Crippen molar-refractivity contribution >= 4 is 10.8 Å². The highest BCUT2D eigenvalue weighted by Crippen LogP contribution is 2.27. The number of fused-ring (bicyclic) bond motifs is 1. The fourth-order valence-electron chi connectivity index (χ4n) is 2.51. The molecule has 0 spiro atoms. The van der Waals surface area contributed by atoms with Crippen LogP contribution < -0.4 is 10.5 Å². The van der Waals surface area contributed by atoms with Crippen molar-refractivity contribution < 1.29 is 4.74 Å². The van der Waals surface area contributed by atoms with Gasteiger partial charge >= 0.3 is 0 Å². The SMILES string of the molecule is CC(N)C(Oc1ccc2ccccc2c1)c1ccccc1. The largest absolute Gasteiger partial charge is 0.484 e. The van der Waals surface area contributed by atoms with E-state index in [1.807, 2.05) is 43.3 Å². The lowest BCUT2D eigenvalue weighted by molar-refractivity contribution is 0.180. The van der Waals surface area contributed by atoms with Gasteiger partial charge in [0, 0.05) is 6.04 Å². The highest BCUT2D eigenvalue weighted by Gasteiger charge is 2.17. The quantitative estimate of drug-likeness (QED) is 0.771. The Morgan fingerprint density at radius 2 is 1.48 bits per heavy atom. The van der Waals surface area contributed by atoms with Crippen LogP contribution in [-0.2, 0) is 0 Å². The van der Waals surface area contributed by atoms with Crippen molar-refractivity contribution in [1.29, 1.82) is 0 Å². The van der Waals surface area contributed by atoms with E-state index >= 15 is 0 Å². The van der Waals surface area contributed by atoms with Crippen molar-refractivity contribution in [3.8, 4) is 5.75 Å². The average Bonchev–Trinajstić information content (AvgIpc) is 2.53. The monoisotopic (exact) mass is 277 g/mol. The first-order valence-electron chi connectivity index (χ1n) is 7.20. The fraction of sp³-hybridized carbons (Fsp3) is 0.158. The predicted octanol–water partition coefficient (Wildman–Crippen LogP) is 4.31. The van der Waals surface area contributed by atoms with E-state index in [4.69, 9.17) is 10.5 Å². The van der Waals surface area contributed by atoms with Crippen LogP contribution in [0, 0.1) is 0 Å². The van der Waals surface area contributed by atoms with Gasteiger partial charge in [0.1, 0.15) is 11.9 Å². The van der Waals surface area contributed by atoms with Crippen LogP contribution in [0.4, 0.5) is 0 Å². The fourth-order valence-corrected chi connectivity index (χ4v) is 2.51. The summed E-state index contributed by atoms with van der Waals surface area (Å²) in [6, 6.07) is 24.4. The van der Waals surface area contributed by atoms with Crippen LogP contribution in [0.3, 0.4) is 0 Å². The highest BCUT2D eigenvalue weighted by molar-refractivity contribution is 5.83. The Morgan fingerprint density at radius 1 is 0.810 bits per heavy atom. The van der Waals surface area contributed by atoms with Gasteiger partial charge < -0.3 is 10.5 Å². The number of rotatable bonds is 4. The third kappa shape index (κ3) is 3.06. The van der Waals surface area contributed by atoms with Gasteiger partial charge in [-0.3, -0.25) is 0 Å². The summed E-state index contributed by atoms with van der Waals surface area (Å²) in [6.07, 6.45) is -0.146. The van der Waals surface area contributed by atoms with E-state index in [9.17, 15) is 0 Å². The van der Waals surface area contributed by atoms with Gasteiger partial charge in [-0.15, -0.1) is 0 Å². The average molecular weight is 277 g/mol. The molecule has 2 nitrogen and oxygen atoms in total. The first-order valence-corrected chi connectivity index (χ1v) is 7.20. The summed E-state index contributed by atoms with van der Waals surface area (Å²) in [5.41, 5.74) is 7.20. The molecule has 0 radical (unpaired) electrons. The molecule has 2 atom stereocenters. The number of nitrogens with two attached hydrogens (primary N) is 1.